The van der Waals surface area contributed by atoms with Gasteiger partial charge in [-0.25, -0.2) is 9.97 Å². The number of pyridine rings is 3. The number of fused-ring (bicyclic) bond motifs is 1. The average Bonchev–Trinajstić information content (AvgIpc) is 2.79. The minimum atomic E-state index is -1.05. The molecular formula is C22H22N8O2. The number of amides is 2. The fourth-order valence-electron chi connectivity index (χ4n) is 3.68. The molecule has 0 bridgehead atoms. The quantitative estimate of drug-likeness (QED) is 0.452. The van der Waals surface area contributed by atoms with Crippen LogP contribution in [0.4, 0.5) is 11.6 Å². The van der Waals surface area contributed by atoms with Crippen molar-refractivity contribution in [3.8, 4) is 17.3 Å². The summed E-state index contributed by atoms with van der Waals surface area (Å²) >= 11 is 0. The van der Waals surface area contributed by atoms with Crippen molar-refractivity contribution in [1.29, 1.82) is 5.26 Å². The molecule has 3 aromatic heterocycles. The maximum Gasteiger partial charge on any atom is 0.314 e. The van der Waals surface area contributed by atoms with Crippen molar-refractivity contribution in [2.45, 2.75) is 25.3 Å². The van der Waals surface area contributed by atoms with Crippen LogP contribution in [-0.4, -0.2) is 45.4 Å². The molecule has 0 radical (unpaired) electrons. The molecule has 1 aliphatic heterocycles. The molecule has 0 aliphatic carbocycles. The zero-order valence-corrected chi connectivity index (χ0v) is 17.5. The Hall–Kier alpha value is -4.10. The van der Waals surface area contributed by atoms with Gasteiger partial charge in [0.05, 0.1) is 11.8 Å². The van der Waals surface area contributed by atoms with Crippen molar-refractivity contribution in [2.75, 3.05) is 24.1 Å². The van der Waals surface area contributed by atoms with Crippen molar-refractivity contribution >= 4 is 34.2 Å². The summed E-state index contributed by atoms with van der Waals surface area (Å²) in [7, 11) is 0. The highest BCUT2D eigenvalue weighted by Gasteiger charge is 2.35. The van der Waals surface area contributed by atoms with Crippen LogP contribution in [0.3, 0.4) is 0 Å². The molecule has 0 saturated carbocycles. The van der Waals surface area contributed by atoms with Crippen molar-refractivity contribution in [1.82, 2.24) is 25.6 Å². The predicted octanol–water partition coefficient (Wildman–Crippen LogP) is 1.28. The number of rotatable bonds is 3. The molecule has 3 aromatic rings. The summed E-state index contributed by atoms with van der Waals surface area (Å²) in [5.74, 6) is -1.29. The Morgan fingerprint density at radius 2 is 2.00 bits per heavy atom. The Kier molecular flexibility index (Phi) is 5.66. The van der Waals surface area contributed by atoms with E-state index in [9.17, 15) is 14.9 Å². The predicted molar refractivity (Wildman–Crippen MR) is 119 cm³/mol. The third kappa shape index (κ3) is 4.19. The zero-order chi connectivity index (χ0) is 22.7. The van der Waals surface area contributed by atoms with Crippen LogP contribution >= 0.6 is 0 Å². The minimum Gasteiger partial charge on any atom is -0.383 e. The van der Waals surface area contributed by atoms with Gasteiger partial charge in [0.15, 0.2) is 0 Å². The number of aromatic nitrogens is 3. The smallest absolute Gasteiger partial charge is 0.314 e. The summed E-state index contributed by atoms with van der Waals surface area (Å²) in [5.41, 5.74) is 7.55. The zero-order valence-electron chi connectivity index (χ0n) is 17.5. The van der Waals surface area contributed by atoms with E-state index in [4.69, 9.17) is 5.73 Å². The number of carbonyl (C=O) groups excluding carboxylic acids is 2. The summed E-state index contributed by atoms with van der Waals surface area (Å²) in [5, 5.41) is 19.0. The van der Waals surface area contributed by atoms with Crippen LogP contribution in [0.2, 0.25) is 0 Å². The topological polar surface area (TPSA) is 159 Å². The lowest BCUT2D eigenvalue weighted by atomic mass is 9.90. The maximum absolute atomic E-state index is 12.4. The first-order valence-electron chi connectivity index (χ1n) is 10.1. The molecule has 4 rings (SSSR count). The van der Waals surface area contributed by atoms with E-state index in [2.05, 4.69) is 37.0 Å². The number of carbonyl (C=O) groups is 2. The summed E-state index contributed by atoms with van der Waals surface area (Å²) in [6.07, 6.45) is 5.77. The second-order valence-electron chi connectivity index (χ2n) is 7.73. The van der Waals surface area contributed by atoms with E-state index in [0.717, 1.165) is 11.1 Å². The van der Waals surface area contributed by atoms with Gasteiger partial charge in [-0.05, 0) is 62.0 Å². The van der Waals surface area contributed by atoms with Gasteiger partial charge >= 0.3 is 11.8 Å². The van der Waals surface area contributed by atoms with Crippen LogP contribution in [0, 0.1) is 18.3 Å². The number of nitrogens with one attached hydrogen (secondary N) is 3. The van der Waals surface area contributed by atoms with Crippen LogP contribution < -0.4 is 21.7 Å². The van der Waals surface area contributed by atoms with E-state index < -0.39 is 17.4 Å². The van der Waals surface area contributed by atoms with Gasteiger partial charge in [-0.2, -0.15) is 5.26 Å². The molecule has 32 heavy (non-hydrogen) atoms. The van der Waals surface area contributed by atoms with Crippen molar-refractivity contribution in [3.05, 3.63) is 42.4 Å². The highest BCUT2D eigenvalue weighted by atomic mass is 16.2. The van der Waals surface area contributed by atoms with Crippen LogP contribution in [0.5, 0.6) is 0 Å². The van der Waals surface area contributed by atoms with Crippen LogP contribution in [0.1, 0.15) is 18.4 Å². The average molecular weight is 430 g/mol. The van der Waals surface area contributed by atoms with E-state index in [-0.39, 0.29) is 5.82 Å². The van der Waals surface area contributed by atoms with Crippen molar-refractivity contribution < 1.29 is 9.59 Å². The molecule has 1 aliphatic rings. The molecule has 10 nitrogen and oxygen atoms in total. The number of nitriles is 1. The van der Waals surface area contributed by atoms with Gasteiger partial charge in [0.2, 0.25) is 0 Å². The van der Waals surface area contributed by atoms with Gasteiger partial charge in [-0.1, -0.05) is 0 Å². The highest BCUT2D eigenvalue weighted by molar-refractivity contribution is 6.39. The fourth-order valence-corrected chi connectivity index (χ4v) is 3.68. The van der Waals surface area contributed by atoms with E-state index in [1.54, 1.807) is 18.5 Å². The highest BCUT2D eigenvalue weighted by Crippen LogP contribution is 2.28. The van der Waals surface area contributed by atoms with Crippen LogP contribution in [-0.2, 0) is 9.59 Å². The molecule has 162 valence electrons. The second-order valence-corrected chi connectivity index (χ2v) is 7.73. The molecular weight excluding hydrogens is 408 g/mol. The molecule has 0 aromatic carbocycles. The van der Waals surface area contributed by atoms with Gasteiger partial charge in [0.25, 0.3) is 0 Å². The monoisotopic (exact) mass is 430 g/mol. The molecule has 10 heteroatoms. The van der Waals surface area contributed by atoms with Gasteiger partial charge in [0, 0.05) is 29.5 Å². The first kappa shape index (κ1) is 21.1. The number of hydrogen-bond donors (Lipinski definition) is 4. The van der Waals surface area contributed by atoms with E-state index in [1.807, 2.05) is 19.1 Å². The number of anilines is 2. The van der Waals surface area contributed by atoms with Crippen molar-refractivity contribution in [3.63, 3.8) is 0 Å². The largest absolute Gasteiger partial charge is 0.383 e. The lowest BCUT2D eigenvalue weighted by Crippen LogP contribution is -2.55. The van der Waals surface area contributed by atoms with Crippen LogP contribution in [0.15, 0.2) is 36.8 Å². The third-order valence-electron chi connectivity index (χ3n) is 5.53. The van der Waals surface area contributed by atoms with E-state index >= 15 is 0 Å². The molecule has 5 N–H and O–H groups in total. The molecule has 0 spiro atoms. The van der Waals surface area contributed by atoms with Gasteiger partial charge in [-0.3, -0.25) is 14.6 Å². The molecule has 1 saturated heterocycles. The Bertz CT molecular complexity index is 1240. The van der Waals surface area contributed by atoms with E-state index in [0.29, 0.717) is 48.2 Å². The lowest BCUT2D eigenvalue weighted by Gasteiger charge is -2.31. The first-order chi connectivity index (χ1) is 15.4. The van der Waals surface area contributed by atoms with Gasteiger partial charge in [-0.15, -0.1) is 0 Å². The summed E-state index contributed by atoms with van der Waals surface area (Å²) < 4.78 is 0. The SMILES string of the molecule is Cc1ccncc1-c1cc2cc(NC(=O)C(=O)NC3(C#N)CCNCC3)ncc2c(N)n1. The standard InChI is InChI=1S/C22H22N8O2/c1-13-2-5-26-10-15(13)17-8-14-9-18(27-11-16(14)19(24)28-17)29-20(31)21(32)30-22(12-23)3-6-25-7-4-22/h2,5,8-11,25H,3-4,6-7H2,1H3,(H2,24,28)(H,30,32)(H,27,29,31). The summed E-state index contributed by atoms with van der Waals surface area (Å²) in [4.78, 5) is 37.6. The van der Waals surface area contributed by atoms with Crippen LogP contribution in [0.25, 0.3) is 22.0 Å². The van der Waals surface area contributed by atoms with Gasteiger partial charge < -0.3 is 21.7 Å². The van der Waals surface area contributed by atoms with Gasteiger partial charge in [0.1, 0.15) is 17.2 Å². The maximum atomic E-state index is 12.4. The first-order valence-corrected chi connectivity index (χ1v) is 10.1. The molecule has 2 amide bonds. The number of aryl methyl sites for hydroxylation is 1. The Labute approximate surface area is 184 Å². The number of piperidine rings is 1. The normalized spacial score (nSPS) is 15.0. The Morgan fingerprint density at radius 1 is 1.22 bits per heavy atom. The Morgan fingerprint density at radius 3 is 2.72 bits per heavy atom. The summed E-state index contributed by atoms with van der Waals surface area (Å²) in [6.45, 7) is 3.14. The Balaban J connectivity index is 1.57. The minimum absolute atomic E-state index is 0.188. The molecule has 4 heterocycles. The number of nitrogens with two attached hydrogens (primary N) is 1. The second kappa shape index (κ2) is 8.56. The van der Waals surface area contributed by atoms with E-state index in [1.165, 1.54) is 6.20 Å². The van der Waals surface area contributed by atoms with Crippen molar-refractivity contribution in [2.24, 2.45) is 0 Å². The lowest BCUT2D eigenvalue weighted by molar-refractivity contribution is -0.137. The molecule has 1 fully saturated rings. The number of nitrogens with zero attached hydrogens (tertiary/aromatic N) is 4. The third-order valence-corrected chi connectivity index (χ3v) is 5.53. The molecule has 0 unspecified atom stereocenters. The fraction of sp³-hybridized carbons (Fsp3) is 0.273. The number of hydrogen-bond acceptors (Lipinski definition) is 8. The summed E-state index contributed by atoms with van der Waals surface area (Å²) in [6, 6.07) is 7.46. The molecule has 0 atom stereocenters. The number of nitrogen functional groups attached to an aromatic ring is 1.